The Hall–Kier alpha value is -6.02. The molecule has 0 amide bonds. The molecule has 3 nitrogen and oxygen atoms in total. The molecule has 4 heteroatoms. The summed E-state index contributed by atoms with van der Waals surface area (Å²) in [4.78, 5) is 5.10. The van der Waals surface area contributed by atoms with E-state index >= 15 is 0 Å². The Labute approximate surface area is 283 Å². The van der Waals surface area contributed by atoms with Gasteiger partial charge in [-0.3, -0.25) is 4.40 Å². The normalized spacial score (nSPS) is 12.2. The van der Waals surface area contributed by atoms with E-state index in [1.54, 1.807) is 0 Å². The predicted molar refractivity (Wildman–Crippen MR) is 208 cm³/mol. The van der Waals surface area contributed by atoms with Gasteiger partial charge in [-0.1, -0.05) is 146 Å². The number of pyridine rings is 1. The van der Waals surface area contributed by atoms with E-state index in [1.807, 2.05) is 66.7 Å². The van der Waals surface area contributed by atoms with Gasteiger partial charge in [0, 0.05) is 32.1 Å². The third kappa shape index (κ3) is 4.23. The molecule has 0 spiro atoms. The molecule has 0 bridgehead atoms. The number of imidazole rings is 1. The second kappa shape index (κ2) is 10.8. The van der Waals surface area contributed by atoms with Gasteiger partial charge in [-0.05, 0) is 63.0 Å². The van der Waals surface area contributed by atoms with Crippen molar-refractivity contribution in [2.45, 2.75) is 0 Å². The van der Waals surface area contributed by atoms with Crippen LogP contribution in [0.15, 0.2) is 176 Å². The number of benzene rings is 8. The summed E-state index contributed by atoms with van der Waals surface area (Å²) in [7, 11) is -3.05. The first kappa shape index (κ1) is 28.0. The van der Waals surface area contributed by atoms with Crippen LogP contribution in [0.2, 0.25) is 0 Å². The second-order valence-corrected chi connectivity index (χ2v) is 15.5. The number of para-hydroxylation sites is 2. The molecule has 0 aliphatic rings. The molecular formula is C45H29N2OP. The molecule has 230 valence electrons. The molecule has 0 saturated carbocycles. The van der Waals surface area contributed by atoms with Gasteiger partial charge in [-0.15, -0.1) is 0 Å². The lowest BCUT2D eigenvalue weighted by atomic mass is 9.96. The highest BCUT2D eigenvalue weighted by atomic mass is 31.2. The average Bonchev–Trinajstić information content (AvgIpc) is 3.57. The second-order valence-electron chi connectivity index (χ2n) is 12.7. The number of hydrogen-bond donors (Lipinski definition) is 0. The van der Waals surface area contributed by atoms with Gasteiger partial charge in [0.25, 0.3) is 0 Å². The lowest BCUT2D eigenvalue weighted by Gasteiger charge is -2.20. The van der Waals surface area contributed by atoms with E-state index in [1.165, 1.54) is 27.1 Å². The summed E-state index contributed by atoms with van der Waals surface area (Å²) in [6, 6.07) is 60.9. The molecule has 2 heterocycles. The number of rotatable bonds is 4. The zero-order chi connectivity index (χ0) is 32.5. The molecule has 0 fully saturated rings. The fraction of sp³-hybridized carbons (Fsp3) is 0. The summed E-state index contributed by atoms with van der Waals surface area (Å²) in [6.07, 6.45) is 0. The molecule has 0 saturated heterocycles. The summed E-state index contributed by atoms with van der Waals surface area (Å²) in [6.45, 7) is 0. The zero-order valence-electron chi connectivity index (χ0n) is 26.5. The van der Waals surface area contributed by atoms with Gasteiger partial charge >= 0.3 is 0 Å². The van der Waals surface area contributed by atoms with Crippen LogP contribution in [-0.4, -0.2) is 9.38 Å². The van der Waals surface area contributed by atoms with Gasteiger partial charge in [0.15, 0.2) is 7.14 Å². The molecule has 49 heavy (non-hydrogen) atoms. The molecule has 8 aromatic carbocycles. The molecular weight excluding hydrogens is 615 g/mol. The first-order valence-corrected chi connectivity index (χ1v) is 18.3. The third-order valence-corrected chi connectivity index (χ3v) is 13.1. The minimum Gasteiger partial charge on any atom is -0.309 e. The van der Waals surface area contributed by atoms with Gasteiger partial charge in [-0.2, -0.15) is 0 Å². The maximum absolute atomic E-state index is 15.0. The van der Waals surface area contributed by atoms with Crippen molar-refractivity contribution in [3.05, 3.63) is 176 Å². The van der Waals surface area contributed by atoms with Crippen molar-refractivity contribution < 1.29 is 4.57 Å². The highest BCUT2D eigenvalue weighted by Gasteiger charge is 2.29. The average molecular weight is 645 g/mol. The summed E-state index contributed by atoms with van der Waals surface area (Å²) >= 11 is 0. The zero-order valence-corrected chi connectivity index (χ0v) is 27.4. The van der Waals surface area contributed by atoms with Crippen LogP contribution in [0.3, 0.4) is 0 Å². The van der Waals surface area contributed by atoms with E-state index in [0.717, 1.165) is 59.9 Å². The molecule has 0 unspecified atom stereocenters. The summed E-state index contributed by atoms with van der Waals surface area (Å²) < 4.78 is 17.3. The van der Waals surface area contributed by atoms with Crippen LogP contribution in [-0.2, 0) is 4.57 Å². The molecule has 0 atom stereocenters. The number of fused-ring (bicyclic) bond motifs is 11. The first-order chi connectivity index (χ1) is 24.2. The van der Waals surface area contributed by atoms with Crippen molar-refractivity contribution in [3.63, 3.8) is 0 Å². The van der Waals surface area contributed by atoms with Crippen molar-refractivity contribution in [1.29, 1.82) is 0 Å². The van der Waals surface area contributed by atoms with E-state index in [9.17, 15) is 4.57 Å². The highest BCUT2D eigenvalue weighted by Crippen LogP contribution is 2.43. The monoisotopic (exact) mass is 644 g/mol. The Morgan fingerprint density at radius 3 is 1.78 bits per heavy atom. The van der Waals surface area contributed by atoms with Crippen LogP contribution in [0.1, 0.15) is 0 Å². The topological polar surface area (TPSA) is 34.4 Å². The largest absolute Gasteiger partial charge is 0.309 e. The van der Waals surface area contributed by atoms with Crippen LogP contribution in [0.5, 0.6) is 0 Å². The van der Waals surface area contributed by atoms with Crippen LogP contribution in [0, 0.1) is 0 Å². The van der Waals surface area contributed by atoms with E-state index in [2.05, 4.69) is 114 Å². The fourth-order valence-electron chi connectivity index (χ4n) is 7.63. The SMILES string of the molecule is O=P(c1ccccc1)(c1ccccc1)c1ccc2cc(-c3ccc4c(ccc5c6ccccc6c6nc7ccccc7n6c45)c3)ccc2c1. The van der Waals surface area contributed by atoms with E-state index in [4.69, 9.17) is 4.98 Å². The van der Waals surface area contributed by atoms with Crippen molar-refractivity contribution in [2.24, 2.45) is 0 Å². The summed E-state index contributed by atoms with van der Waals surface area (Å²) in [5.74, 6) is 0. The van der Waals surface area contributed by atoms with Gasteiger partial charge in [0.2, 0.25) is 0 Å². The quantitative estimate of drug-likeness (QED) is 0.141. The number of nitrogens with zero attached hydrogens (tertiary/aromatic N) is 2. The van der Waals surface area contributed by atoms with Gasteiger partial charge in [0.05, 0.1) is 16.6 Å². The van der Waals surface area contributed by atoms with Crippen molar-refractivity contribution in [1.82, 2.24) is 9.38 Å². The number of aromatic nitrogens is 2. The molecule has 0 aliphatic carbocycles. The molecule has 0 aliphatic heterocycles. The van der Waals surface area contributed by atoms with Gasteiger partial charge < -0.3 is 4.57 Å². The standard InChI is InChI=1S/C45H29N2OP/c48-49(35-11-3-1-4-12-35,36-13-5-2-6-14-36)37-24-21-31-27-30(19-20-33(31)29-37)32-22-25-38-34(28-32)23-26-40-39-15-7-8-16-41(39)45-46-42-17-9-10-18-43(42)47(45)44(38)40/h1-29H. The Morgan fingerprint density at radius 2 is 1.00 bits per heavy atom. The van der Waals surface area contributed by atoms with E-state index in [0.29, 0.717) is 0 Å². The Morgan fingerprint density at radius 1 is 0.429 bits per heavy atom. The van der Waals surface area contributed by atoms with Crippen molar-refractivity contribution >= 4 is 83.0 Å². The minimum atomic E-state index is -3.05. The minimum absolute atomic E-state index is 0.841. The van der Waals surface area contributed by atoms with Gasteiger partial charge in [0.1, 0.15) is 5.65 Å². The molecule has 0 N–H and O–H groups in total. The Balaban J connectivity index is 1.12. The Kier molecular flexibility index (Phi) is 6.15. The van der Waals surface area contributed by atoms with Crippen LogP contribution in [0.4, 0.5) is 0 Å². The van der Waals surface area contributed by atoms with E-state index in [-0.39, 0.29) is 0 Å². The van der Waals surface area contributed by atoms with Crippen molar-refractivity contribution in [2.75, 3.05) is 0 Å². The highest BCUT2D eigenvalue weighted by molar-refractivity contribution is 7.85. The Bertz CT molecular complexity index is 2920. The summed E-state index contributed by atoms with van der Waals surface area (Å²) in [5.41, 5.74) is 6.58. The molecule has 2 aromatic heterocycles. The van der Waals surface area contributed by atoms with E-state index < -0.39 is 7.14 Å². The predicted octanol–water partition coefficient (Wildman–Crippen LogP) is 10.4. The lowest BCUT2D eigenvalue weighted by molar-refractivity contribution is 0.592. The van der Waals surface area contributed by atoms with Crippen LogP contribution >= 0.6 is 7.14 Å². The fourth-order valence-corrected chi connectivity index (χ4v) is 10.3. The van der Waals surface area contributed by atoms with Crippen molar-refractivity contribution in [3.8, 4) is 11.1 Å². The maximum Gasteiger partial charge on any atom is 0.171 e. The first-order valence-electron chi connectivity index (χ1n) is 16.6. The maximum atomic E-state index is 15.0. The summed E-state index contributed by atoms with van der Waals surface area (Å²) in [5, 5.41) is 10.7. The number of hydrogen-bond acceptors (Lipinski definition) is 2. The van der Waals surface area contributed by atoms with Crippen LogP contribution < -0.4 is 15.9 Å². The molecule has 0 radical (unpaired) electrons. The third-order valence-electron chi connectivity index (χ3n) is 9.99. The lowest BCUT2D eigenvalue weighted by Crippen LogP contribution is -2.24. The molecule has 10 aromatic rings. The van der Waals surface area contributed by atoms with Gasteiger partial charge in [-0.25, -0.2) is 4.98 Å². The van der Waals surface area contributed by atoms with Crippen LogP contribution in [0.25, 0.3) is 71.0 Å². The smallest absolute Gasteiger partial charge is 0.171 e. The molecule has 10 rings (SSSR count).